The highest BCUT2D eigenvalue weighted by Gasteiger charge is 2.36. The average molecular weight is 570 g/mol. The van der Waals surface area contributed by atoms with Gasteiger partial charge in [-0.25, -0.2) is 4.79 Å². The van der Waals surface area contributed by atoms with Crippen LogP contribution in [0.15, 0.2) is 45.8 Å². The fourth-order valence-corrected chi connectivity index (χ4v) is 4.62. The van der Waals surface area contributed by atoms with Gasteiger partial charge in [-0.1, -0.05) is 11.6 Å². The number of imide groups is 1. The van der Waals surface area contributed by atoms with Gasteiger partial charge in [0.25, 0.3) is 11.1 Å². The summed E-state index contributed by atoms with van der Waals surface area (Å²) in [5.41, 5.74) is 1.01. The van der Waals surface area contributed by atoms with Gasteiger partial charge in [0, 0.05) is 5.69 Å². The van der Waals surface area contributed by atoms with E-state index in [1.807, 2.05) is 0 Å². The Hall–Kier alpha value is -3.02. The van der Waals surface area contributed by atoms with Crippen LogP contribution in [0.2, 0.25) is 5.02 Å². The van der Waals surface area contributed by atoms with Crippen molar-refractivity contribution in [1.82, 2.24) is 4.90 Å². The molecule has 34 heavy (non-hydrogen) atoms. The van der Waals surface area contributed by atoms with E-state index in [1.165, 1.54) is 26.4 Å². The molecule has 3 amide bonds. The van der Waals surface area contributed by atoms with Crippen molar-refractivity contribution in [3.8, 4) is 11.5 Å². The van der Waals surface area contributed by atoms with E-state index in [0.717, 1.165) is 4.90 Å². The van der Waals surface area contributed by atoms with Gasteiger partial charge in [0.05, 0.1) is 28.6 Å². The zero-order valence-corrected chi connectivity index (χ0v) is 21.1. The van der Waals surface area contributed by atoms with E-state index < -0.39 is 29.6 Å². The molecule has 12 heteroatoms. The summed E-state index contributed by atoms with van der Waals surface area (Å²) in [7, 11) is 2.77. The highest BCUT2D eigenvalue weighted by molar-refractivity contribution is 9.10. The number of thioether (sulfide) groups is 1. The van der Waals surface area contributed by atoms with Crippen molar-refractivity contribution in [2.75, 3.05) is 32.7 Å². The van der Waals surface area contributed by atoms with Crippen LogP contribution >= 0.6 is 39.3 Å². The standard InChI is InChI=1S/C22H18BrClN2O7S/c1-31-14-5-3-13(4-6-14)25-18(27)10-26-21(29)17(34-22(26)30)9-12-7-15(23)20(16(24)8-12)33-11-19(28)32-2/h3-9H,10-11H2,1-2H3,(H,25,27)/b17-9+. The van der Waals surface area contributed by atoms with Gasteiger partial charge in [0.15, 0.2) is 12.4 Å². The van der Waals surface area contributed by atoms with Crippen LogP contribution in [0.1, 0.15) is 5.56 Å². The quantitative estimate of drug-likeness (QED) is 0.369. The zero-order chi connectivity index (χ0) is 24.8. The van der Waals surface area contributed by atoms with Gasteiger partial charge in [-0.05, 0) is 75.7 Å². The third-order valence-corrected chi connectivity index (χ3v) is 6.21. The first-order valence-electron chi connectivity index (χ1n) is 9.59. The molecular formula is C22H18BrClN2O7S. The molecule has 178 valence electrons. The van der Waals surface area contributed by atoms with Crippen LogP contribution < -0.4 is 14.8 Å². The highest BCUT2D eigenvalue weighted by Crippen LogP contribution is 2.37. The zero-order valence-electron chi connectivity index (χ0n) is 17.9. The van der Waals surface area contributed by atoms with E-state index in [4.69, 9.17) is 21.1 Å². The first-order chi connectivity index (χ1) is 16.2. The number of anilines is 1. The lowest BCUT2D eigenvalue weighted by molar-refractivity contribution is -0.142. The number of esters is 1. The molecule has 9 nitrogen and oxygen atoms in total. The van der Waals surface area contributed by atoms with Gasteiger partial charge in [0.2, 0.25) is 5.91 Å². The molecule has 2 aromatic rings. The fourth-order valence-electron chi connectivity index (χ4n) is 2.80. The van der Waals surface area contributed by atoms with Crippen LogP contribution in [0.4, 0.5) is 10.5 Å². The lowest BCUT2D eigenvalue weighted by Gasteiger charge is -2.12. The van der Waals surface area contributed by atoms with Gasteiger partial charge in [-0.3, -0.25) is 19.3 Å². The van der Waals surface area contributed by atoms with Crippen molar-refractivity contribution in [1.29, 1.82) is 0 Å². The second kappa shape index (κ2) is 11.4. The summed E-state index contributed by atoms with van der Waals surface area (Å²) in [5.74, 6) is -0.835. The van der Waals surface area contributed by atoms with Crippen molar-refractivity contribution in [3.63, 3.8) is 0 Å². The lowest BCUT2D eigenvalue weighted by Crippen LogP contribution is -2.36. The summed E-state index contributed by atoms with van der Waals surface area (Å²) in [5, 5.41) is 2.25. The summed E-state index contributed by atoms with van der Waals surface area (Å²) in [4.78, 5) is 49.7. The van der Waals surface area contributed by atoms with E-state index >= 15 is 0 Å². The van der Waals surface area contributed by atoms with Crippen molar-refractivity contribution in [2.24, 2.45) is 0 Å². The molecule has 0 aromatic heterocycles. The predicted molar refractivity (Wildman–Crippen MR) is 131 cm³/mol. The molecule has 1 heterocycles. The number of hydrogen-bond acceptors (Lipinski definition) is 8. The fraction of sp³-hybridized carbons (Fsp3) is 0.182. The normalized spacial score (nSPS) is 14.4. The van der Waals surface area contributed by atoms with Crippen LogP contribution in [0.25, 0.3) is 6.08 Å². The first-order valence-corrected chi connectivity index (χ1v) is 11.6. The van der Waals surface area contributed by atoms with Gasteiger partial charge in [-0.2, -0.15) is 0 Å². The highest BCUT2D eigenvalue weighted by atomic mass is 79.9. The van der Waals surface area contributed by atoms with Gasteiger partial charge < -0.3 is 19.5 Å². The summed E-state index contributed by atoms with van der Waals surface area (Å²) in [6, 6.07) is 9.77. The molecule has 2 aromatic carbocycles. The predicted octanol–water partition coefficient (Wildman–Crippen LogP) is 4.34. The SMILES string of the molecule is COC(=O)COc1c(Cl)cc(/C=C2/SC(=O)N(CC(=O)Nc3ccc(OC)cc3)C2=O)cc1Br. The number of benzene rings is 2. The molecule has 1 N–H and O–H groups in total. The molecule has 0 saturated carbocycles. The van der Waals surface area contributed by atoms with Crippen molar-refractivity contribution >= 4 is 74.1 Å². The van der Waals surface area contributed by atoms with Crippen molar-refractivity contribution < 1.29 is 33.4 Å². The third-order valence-electron chi connectivity index (χ3n) is 4.43. The Morgan fingerprint density at radius 1 is 1.18 bits per heavy atom. The minimum Gasteiger partial charge on any atom is -0.497 e. The van der Waals surface area contributed by atoms with Crippen LogP contribution in [-0.2, 0) is 19.1 Å². The molecule has 0 bridgehead atoms. The number of methoxy groups -OCH3 is 2. The molecular weight excluding hydrogens is 552 g/mol. The summed E-state index contributed by atoms with van der Waals surface area (Å²) in [6.45, 7) is -0.759. The molecule has 1 aliphatic rings. The Labute approximate surface area is 212 Å². The maximum Gasteiger partial charge on any atom is 0.343 e. The number of carbonyl (C=O) groups excluding carboxylic acids is 4. The number of hydrogen-bond donors (Lipinski definition) is 1. The van der Waals surface area contributed by atoms with Crippen LogP contribution in [0, 0.1) is 0 Å². The average Bonchev–Trinajstić information content (AvgIpc) is 3.06. The number of halogens is 2. The number of amides is 3. The molecule has 0 spiro atoms. The topological polar surface area (TPSA) is 111 Å². The summed E-state index contributed by atoms with van der Waals surface area (Å²) in [6.07, 6.45) is 1.48. The second-order valence-corrected chi connectivity index (χ2v) is 8.98. The minimum atomic E-state index is -0.599. The number of carbonyl (C=O) groups is 4. The first kappa shape index (κ1) is 25.6. The maximum atomic E-state index is 12.7. The Morgan fingerprint density at radius 3 is 2.50 bits per heavy atom. The van der Waals surface area contributed by atoms with Gasteiger partial charge in [-0.15, -0.1) is 0 Å². The monoisotopic (exact) mass is 568 g/mol. The van der Waals surface area contributed by atoms with Crippen LogP contribution in [0.3, 0.4) is 0 Å². The molecule has 0 unspecified atom stereocenters. The molecule has 3 rings (SSSR count). The molecule has 0 radical (unpaired) electrons. The minimum absolute atomic E-state index is 0.133. The molecule has 0 aliphatic carbocycles. The Kier molecular flexibility index (Phi) is 8.59. The van der Waals surface area contributed by atoms with E-state index in [2.05, 4.69) is 26.0 Å². The molecule has 0 atom stereocenters. The van der Waals surface area contributed by atoms with E-state index in [-0.39, 0.29) is 22.3 Å². The van der Waals surface area contributed by atoms with Crippen LogP contribution in [-0.4, -0.2) is 55.3 Å². The van der Waals surface area contributed by atoms with E-state index in [9.17, 15) is 19.2 Å². The number of nitrogens with zero attached hydrogens (tertiary/aromatic N) is 1. The summed E-state index contributed by atoms with van der Waals surface area (Å²) >= 11 is 10.3. The number of nitrogens with one attached hydrogen (secondary N) is 1. The smallest absolute Gasteiger partial charge is 0.343 e. The second-order valence-electron chi connectivity index (χ2n) is 6.72. The Bertz CT molecular complexity index is 1150. The van der Waals surface area contributed by atoms with Gasteiger partial charge >= 0.3 is 5.97 Å². The van der Waals surface area contributed by atoms with E-state index in [1.54, 1.807) is 30.3 Å². The number of ether oxygens (including phenoxy) is 3. The third kappa shape index (κ3) is 6.31. The summed E-state index contributed by atoms with van der Waals surface area (Å²) < 4.78 is 15.4. The van der Waals surface area contributed by atoms with Crippen LogP contribution in [0.5, 0.6) is 11.5 Å². The van der Waals surface area contributed by atoms with Gasteiger partial charge in [0.1, 0.15) is 12.3 Å². The maximum absolute atomic E-state index is 12.7. The lowest BCUT2D eigenvalue weighted by atomic mass is 10.2. The Morgan fingerprint density at radius 2 is 1.88 bits per heavy atom. The van der Waals surface area contributed by atoms with E-state index in [0.29, 0.717) is 33.2 Å². The number of rotatable bonds is 8. The van der Waals surface area contributed by atoms with Crippen molar-refractivity contribution in [3.05, 3.63) is 56.4 Å². The van der Waals surface area contributed by atoms with Crippen molar-refractivity contribution in [2.45, 2.75) is 0 Å². The largest absolute Gasteiger partial charge is 0.497 e. The molecule has 1 saturated heterocycles. The molecule has 1 fully saturated rings. The molecule has 1 aliphatic heterocycles. The Balaban J connectivity index is 1.69.